The fourth-order valence-corrected chi connectivity index (χ4v) is 2.88. The smallest absolute Gasteiger partial charge is 0.352 e. The van der Waals surface area contributed by atoms with E-state index in [4.69, 9.17) is 11.6 Å². The van der Waals surface area contributed by atoms with E-state index >= 15 is 0 Å². The Morgan fingerprint density at radius 2 is 2.05 bits per heavy atom. The van der Waals surface area contributed by atoms with E-state index in [1.807, 2.05) is 22.8 Å². The fraction of sp³-hybridized carbons (Fsp3) is 0.214. The monoisotopic (exact) mass is 339 g/mol. The Labute approximate surface area is 123 Å². The molecular formula is C14H11BrClNO2. The van der Waals surface area contributed by atoms with Gasteiger partial charge in [0.15, 0.2) is 0 Å². The summed E-state index contributed by atoms with van der Waals surface area (Å²) in [7, 11) is 0. The average Bonchev–Trinajstić information content (AvgIpc) is 3.11. The van der Waals surface area contributed by atoms with Crippen LogP contribution in [0.15, 0.2) is 34.8 Å². The second-order valence-electron chi connectivity index (χ2n) is 4.63. The van der Waals surface area contributed by atoms with Gasteiger partial charge in [0, 0.05) is 21.1 Å². The van der Waals surface area contributed by atoms with E-state index in [0.717, 1.165) is 28.6 Å². The van der Waals surface area contributed by atoms with Crippen LogP contribution in [-0.2, 0) is 0 Å². The molecule has 19 heavy (non-hydrogen) atoms. The summed E-state index contributed by atoms with van der Waals surface area (Å²) in [4.78, 5) is 11.3. The summed E-state index contributed by atoms with van der Waals surface area (Å²) in [5.74, 6) is -0.892. The first-order valence-electron chi connectivity index (χ1n) is 5.98. The van der Waals surface area contributed by atoms with Gasteiger partial charge in [-0.15, -0.1) is 0 Å². The van der Waals surface area contributed by atoms with Crippen LogP contribution in [0.4, 0.5) is 0 Å². The van der Waals surface area contributed by atoms with Crippen molar-refractivity contribution in [2.24, 2.45) is 0 Å². The van der Waals surface area contributed by atoms with Gasteiger partial charge in [0.05, 0.1) is 5.69 Å². The summed E-state index contributed by atoms with van der Waals surface area (Å²) in [5.41, 5.74) is 2.16. The summed E-state index contributed by atoms with van der Waals surface area (Å²) in [6.45, 7) is 0. The van der Waals surface area contributed by atoms with Gasteiger partial charge in [-0.1, -0.05) is 27.5 Å². The maximum absolute atomic E-state index is 11.3. The second-order valence-corrected chi connectivity index (χ2v) is 5.93. The Morgan fingerprint density at radius 3 is 2.68 bits per heavy atom. The fourth-order valence-electron chi connectivity index (χ4n) is 2.26. The predicted octanol–water partition coefficient (Wildman–Crippen LogP) is 4.60. The van der Waals surface area contributed by atoms with Gasteiger partial charge >= 0.3 is 5.97 Å². The predicted molar refractivity (Wildman–Crippen MR) is 77.8 cm³/mol. The van der Waals surface area contributed by atoms with Crippen LogP contribution in [0.5, 0.6) is 0 Å². The Hall–Kier alpha value is -1.26. The molecule has 0 unspecified atom stereocenters. The lowest BCUT2D eigenvalue weighted by molar-refractivity contribution is 0.0685. The van der Waals surface area contributed by atoms with Crippen LogP contribution in [-0.4, -0.2) is 15.6 Å². The zero-order valence-electron chi connectivity index (χ0n) is 9.94. The molecule has 0 radical (unpaired) electrons. The lowest BCUT2D eigenvalue weighted by Gasteiger charge is -2.12. The van der Waals surface area contributed by atoms with Crippen molar-refractivity contribution in [1.29, 1.82) is 0 Å². The molecule has 1 saturated carbocycles. The summed E-state index contributed by atoms with van der Waals surface area (Å²) in [5, 5.41) is 9.91. The number of hydrogen-bond acceptors (Lipinski definition) is 1. The molecule has 3 nitrogen and oxygen atoms in total. The molecule has 0 bridgehead atoms. The van der Waals surface area contributed by atoms with Crippen molar-refractivity contribution in [2.45, 2.75) is 18.9 Å². The molecule has 0 aliphatic heterocycles. The lowest BCUT2D eigenvalue weighted by atomic mass is 10.1. The largest absolute Gasteiger partial charge is 0.477 e. The van der Waals surface area contributed by atoms with E-state index in [2.05, 4.69) is 15.9 Å². The van der Waals surface area contributed by atoms with Crippen molar-refractivity contribution in [2.75, 3.05) is 0 Å². The molecule has 1 aromatic carbocycles. The van der Waals surface area contributed by atoms with Crippen molar-refractivity contribution in [3.05, 3.63) is 45.5 Å². The molecule has 3 rings (SSSR count). The Kier molecular flexibility index (Phi) is 3.15. The highest BCUT2D eigenvalue weighted by molar-refractivity contribution is 9.10. The maximum atomic E-state index is 11.3. The van der Waals surface area contributed by atoms with Crippen molar-refractivity contribution in [1.82, 2.24) is 4.57 Å². The number of carboxylic acid groups (broad SMARTS) is 1. The SMILES string of the molecule is O=C(O)c1ccc(-c2cc(Cl)ccc2Br)n1C1CC1. The molecule has 98 valence electrons. The third kappa shape index (κ3) is 2.30. The number of carboxylic acids is 1. The number of aromatic carboxylic acids is 1. The van der Waals surface area contributed by atoms with Gasteiger partial charge in [0.1, 0.15) is 5.69 Å². The number of carbonyl (C=O) groups is 1. The number of rotatable bonds is 3. The maximum Gasteiger partial charge on any atom is 0.352 e. The first kappa shape index (κ1) is 12.8. The van der Waals surface area contributed by atoms with Gasteiger partial charge < -0.3 is 9.67 Å². The first-order valence-corrected chi connectivity index (χ1v) is 7.15. The van der Waals surface area contributed by atoms with Gasteiger partial charge in [0.25, 0.3) is 0 Å². The summed E-state index contributed by atoms with van der Waals surface area (Å²) < 4.78 is 2.81. The summed E-state index contributed by atoms with van der Waals surface area (Å²) in [6, 6.07) is 9.33. The standard InChI is InChI=1S/C14H11BrClNO2/c15-11-4-1-8(16)7-10(11)12-5-6-13(14(18)19)17(12)9-2-3-9/h1,4-7,9H,2-3H2,(H,18,19). The third-order valence-electron chi connectivity index (χ3n) is 3.25. The molecule has 0 amide bonds. The van der Waals surface area contributed by atoms with Crippen LogP contribution in [0.2, 0.25) is 5.02 Å². The molecule has 1 heterocycles. The molecule has 2 aromatic rings. The van der Waals surface area contributed by atoms with E-state index < -0.39 is 5.97 Å². The van der Waals surface area contributed by atoms with Crippen LogP contribution < -0.4 is 0 Å². The first-order chi connectivity index (χ1) is 9.08. The number of aromatic nitrogens is 1. The van der Waals surface area contributed by atoms with Gasteiger partial charge in [-0.25, -0.2) is 4.79 Å². The molecule has 0 spiro atoms. The highest BCUT2D eigenvalue weighted by Crippen LogP contribution is 2.42. The number of hydrogen-bond donors (Lipinski definition) is 1. The third-order valence-corrected chi connectivity index (χ3v) is 4.18. The van der Waals surface area contributed by atoms with Gasteiger partial charge in [0.2, 0.25) is 0 Å². The Morgan fingerprint density at radius 1 is 1.32 bits per heavy atom. The minimum atomic E-state index is -0.892. The molecular weight excluding hydrogens is 330 g/mol. The van der Waals surface area contributed by atoms with Crippen LogP contribution >= 0.6 is 27.5 Å². The number of nitrogens with zero attached hydrogens (tertiary/aromatic N) is 1. The van der Waals surface area contributed by atoms with Crippen LogP contribution in [0, 0.1) is 0 Å². The molecule has 1 fully saturated rings. The van der Waals surface area contributed by atoms with Gasteiger partial charge in [-0.2, -0.15) is 0 Å². The minimum Gasteiger partial charge on any atom is -0.477 e. The van der Waals surface area contributed by atoms with E-state index in [0.29, 0.717) is 16.8 Å². The van der Waals surface area contributed by atoms with Crippen molar-refractivity contribution in [3.63, 3.8) is 0 Å². The lowest BCUT2D eigenvalue weighted by Crippen LogP contribution is -2.08. The molecule has 1 N–H and O–H groups in total. The molecule has 1 aromatic heterocycles. The Balaban J connectivity index is 2.20. The van der Waals surface area contributed by atoms with Crippen LogP contribution in [0.3, 0.4) is 0 Å². The molecule has 1 aliphatic carbocycles. The van der Waals surface area contributed by atoms with E-state index in [1.54, 1.807) is 12.1 Å². The minimum absolute atomic E-state index is 0.294. The number of benzene rings is 1. The summed E-state index contributed by atoms with van der Waals surface area (Å²) in [6.07, 6.45) is 2.06. The second kappa shape index (κ2) is 4.69. The quantitative estimate of drug-likeness (QED) is 0.887. The average molecular weight is 341 g/mol. The zero-order chi connectivity index (χ0) is 13.6. The summed E-state index contributed by atoms with van der Waals surface area (Å²) >= 11 is 9.53. The van der Waals surface area contributed by atoms with Gasteiger partial charge in [-0.05, 0) is 43.2 Å². The normalized spacial score (nSPS) is 14.6. The molecule has 0 saturated heterocycles. The van der Waals surface area contributed by atoms with Gasteiger partial charge in [-0.3, -0.25) is 0 Å². The topological polar surface area (TPSA) is 42.2 Å². The van der Waals surface area contributed by atoms with Crippen molar-refractivity contribution < 1.29 is 9.90 Å². The zero-order valence-corrected chi connectivity index (χ0v) is 12.3. The van der Waals surface area contributed by atoms with Crippen LogP contribution in [0.1, 0.15) is 29.4 Å². The van der Waals surface area contributed by atoms with E-state index in [-0.39, 0.29) is 0 Å². The highest BCUT2D eigenvalue weighted by atomic mass is 79.9. The van der Waals surface area contributed by atoms with Crippen LogP contribution in [0.25, 0.3) is 11.3 Å². The molecule has 1 aliphatic rings. The highest BCUT2D eigenvalue weighted by Gasteiger charge is 2.30. The Bertz CT molecular complexity index is 661. The van der Waals surface area contributed by atoms with E-state index in [9.17, 15) is 9.90 Å². The van der Waals surface area contributed by atoms with Crippen molar-refractivity contribution >= 4 is 33.5 Å². The molecule has 5 heteroatoms. The van der Waals surface area contributed by atoms with E-state index in [1.165, 1.54) is 0 Å². The number of halogens is 2. The van der Waals surface area contributed by atoms with Crippen molar-refractivity contribution in [3.8, 4) is 11.3 Å². The molecule has 0 atom stereocenters.